The lowest BCUT2D eigenvalue weighted by atomic mass is 9.75. The second-order valence-corrected chi connectivity index (χ2v) is 13.9. The van der Waals surface area contributed by atoms with Crippen LogP contribution in [0.1, 0.15) is 135 Å². The van der Waals surface area contributed by atoms with E-state index in [4.69, 9.17) is 0 Å². The van der Waals surface area contributed by atoms with E-state index in [2.05, 4.69) is 28.6 Å². The Morgan fingerprint density at radius 3 is 1.73 bits per heavy atom. The fourth-order valence-corrected chi connectivity index (χ4v) is 7.92. The summed E-state index contributed by atoms with van der Waals surface area (Å²) >= 11 is 0. The molecule has 44 heavy (non-hydrogen) atoms. The average Bonchev–Trinajstić information content (AvgIpc) is 2.97. The fourth-order valence-electron chi connectivity index (χ4n) is 6.35. The largest absolute Gasteiger partial charge is 0.508 e. The van der Waals surface area contributed by atoms with Crippen LogP contribution in [0, 0.1) is 0 Å². The van der Waals surface area contributed by atoms with Crippen molar-refractivity contribution >= 4 is 16.1 Å². The number of nitrogens with one attached hydrogen (secondary N) is 1. The summed E-state index contributed by atoms with van der Waals surface area (Å²) in [6.45, 7) is 4.36. The zero-order chi connectivity index (χ0) is 32.3. The van der Waals surface area contributed by atoms with Gasteiger partial charge in [-0.25, -0.2) is 13.2 Å². The molecule has 2 rings (SSSR count). The van der Waals surface area contributed by atoms with Crippen LogP contribution in [0.5, 0.6) is 5.75 Å². The third-order valence-corrected chi connectivity index (χ3v) is 10.5. The second kappa shape index (κ2) is 20.1. The number of phenols is 1. The first-order chi connectivity index (χ1) is 21.2. The predicted molar refractivity (Wildman–Crippen MR) is 178 cm³/mol. The molecule has 1 aromatic rings. The molecule has 0 aromatic heterocycles. The number of carbonyl (C=O) groups is 1. The molecular formula is C34H54N4O5S. The Morgan fingerprint density at radius 1 is 0.841 bits per heavy atom. The number of sulfonamides is 1. The van der Waals surface area contributed by atoms with E-state index in [1.165, 1.54) is 44.6 Å². The Bertz CT molecular complexity index is 1240. The lowest BCUT2D eigenvalue weighted by Gasteiger charge is -2.41. The van der Waals surface area contributed by atoms with Gasteiger partial charge < -0.3 is 15.5 Å². The van der Waals surface area contributed by atoms with E-state index in [-0.39, 0.29) is 12.2 Å². The molecule has 9 nitrogen and oxygen atoms in total. The van der Waals surface area contributed by atoms with E-state index in [9.17, 15) is 29.0 Å². The van der Waals surface area contributed by atoms with E-state index in [1.807, 2.05) is 0 Å². The highest BCUT2D eigenvalue weighted by Gasteiger charge is 2.51. The smallest absolute Gasteiger partial charge is 0.405 e. The Hall–Kier alpha value is -2.97. The molecule has 0 aliphatic heterocycles. The third kappa shape index (κ3) is 11.5. The highest BCUT2D eigenvalue weighted by atomic mass is 32.2. The fraction of sp³-hybridized carbons (Fsp3) is 0.676. The molecule has 0 spiro atoms. The first-order valence-corrected chi connectivity index (χ1v) is 18.1. The average molecular weight is 631 g/mol. The summed E-state index contributed by atoms with van der Waals surface area (Å²) in [4.78, 5) is 14.4. The van der Waals surface area contributed by atoms with Gasteiger partial charge in [-0.2, -0.15) is 0 Å². The van der Waals surface area contributed by atoms with Gasteiger partial charge in [0.05, 0.1) is 6.04 Å². The monoisotopic (exact) mass is 630 g/mol. The van der Waals surface area contributed by atoms with Crippen molar-refractivity contribution in [2.75, 3.05) is 0 Å². The number of amides is 1. The molecule has 0 radical (unpaired) electrons. The molecule has 2 unspecified atom stereocenters. The molecule has 2 atom stereocenters. The van der Waals surface area contributed by atoms with E-state index in [0.29, 0.717) is 29.6 Å². The number of hydrogen-bond acceptors (Lipinski definition) is 4. The standard InChI is InChI=1S/C34H54N4O5S/c1-3-5-7-9-11-12-13-14-16-18-23-30-26-31(36-33(40)41)25-29(22-17-15-10-8-6-4-2)34(30,44(42,43)38-37-35)27-28-21-19-20-24-32(28)39/h19-21,24-26,31,36,39H,3-18,22-23,27H2,1-2H3,(H,40,41). The molecule has 0 bridgehead atoms. The number of azide groups is 1. The number of para-hydroxylation sites is 1. The van der Waals surface area contributed by atoms with Gasteiger partial charge in [0.15, 0.2) is 0 Å². The van der Waals surface area contributed by atoms with Crippen LogP contribution >= 0.6 is 0 Å². The molecular weight excluding hydrogens is 576 g/mol. The van der Waals surface area contributed by atoms with Crippen molar-refractivity contribution < 1.29 is 23.4 Å². The molecule has 1 aliphatic carbocycles. The summed E-state index contributed by atoms with van der Waals surface area (Å²) in [6, 6.07) is 5.91. The van der Waals surface area contributed by atoms with Crippen molar-refractivity contribution in [3.63, 3.8) is 0 Å². The Balaban J connectivity index is 2.42. The van der Waals surface area contributed by atoms with Crippen LogP contribution in [0.2, 0.25) is 0 Å². The molecule has 246 valence electrons. The summed E-state index contributed by atoms with van der Waals surface area (Å²) in [5.41, 5.74) is 10.8. The van der Waals surface area contributed by atoms with Gasteiger partial charge in [-0.15, -0.1) is 0 Å². The molecule has 0 fully saturated rings. The topological polar surface area (TPSA) is 152 Å². The van der Waals surface area contributed by atoms with Crippen LogP contribution in [0.4, 0.5) is 4.79 Å². The first kappa shape index (κ1) is 37.2. The van der Waals surface area contributed by atoms with Gasteiger partial charge in [-0.1, -0.05) is 134 Å². The lowest BCUT2D eigenvalue weighted by Crippen LogP contribution is -2.48. The quantitative estimate of drug-likeness (QED) is 0.0361. The lowest BCUT2D eigenvalue weighted by molar-refractivity contribution is 0.193. The second-order valence-electron chi connectivity index (χ2n) is 12.1. The highest BCUT2D eigenvalue weighted by molar-refractivity contribution is 7.91. The van der Waals surface area contributed by atoms with Crippen molar-refractivity contribution in [1.29, 1.82) is 0 Å². The van der Waals surface area contributed by atoms with Gasteiger partial charge in [0.25, 0.3) is 0 Å². The van der Waals surface area contributed by atoms with Crippen LogP contribution in [-0.2, 0) is 16.4 Å². The molecule has 0 saturated heterocycles. The molecule has 0 heterocycles. The molecule has 1 aliphatic rings. The maximum absolute atomic E-state index is 14.1. The number of hydrogen-bond donors (Lipinski definition) is 3. The third-order valence-electron chi connectivity index (χ3n) is 8.70. The van der Waals surface area contributed by atoms with Gasteiger partial charge in [0, 0.05) is 15.9 Å². The Kier molecular flexibility index (Phi) is 17.0. The minimum absolute atomic E-state index is 0.0361. The van der Waals surface area contributed by atoms with Crippen LogP contribution in [0.25, 0.3) is 10.4 Å². The minimum atomic E-state index is -4.49. The molecule has 10 heteroatoms. The van der Waals surface area contributed by atoms with Gasteiger partial charge in [-0.3, -0.25) is 0 Å². The highest BCUT2D eigenvalue weighted by Crippen LogP contribution is 2.47. The van der Waals surface area contributed by atoms with Crippen molar-refractivity contribution in [2.45, 2.75) is 147 Å². The van der Waals surface area contributed by atoms with E-state index < -0.39 is 26.9 Å². The molecule has 1 amide bonds. The maximum atomic E-state index is 14.1. The summed E-state index contributed by atoms with van der Waals surface area (Å²) in [5.74, 6) is -0.0361. The number of nitrogens with zero attached hydrogens (tertiary/aromatic N) is 3. The van der Waals surface area contributed by atoms with Crippen LogP contribution in [0.15, 0.2) is 52.1 Å². The summed E-state index contributed by atoms with van der Waals surface area (Å²) in [7, 11) is -4.49. The number of aromatic hydroxyl groups is 1. The van der Waals surface area contributed by atoms with E-state index in [1.54, 1.807) is 30.4 Å². The summed E-state index contributed by atoms with van der Waals surface area (Å²) < 4.78 is 29.9. The van der Waals surface area contributed by atoms with Crippen LogP contribution < -0.4 is 5.32 Å². The molecule has 3 N–H and O–H groups in total. The van der Waals surface area contributed by atoms with Crippen molar-refractivity contribution in [3.05, 3.63) is 63.6 Å². The van der Waals surface area contributed by atoms with Crippen LogP contribution in [0.3, 0.4) is 0 Å². The number of unbranched alkanes of at least 4 members (excludes halogenated alkanes) is 14. The molecule has 0 saturated carbocycles. The molecule has 1 aromatic carbocycles. The number of phenolic OH excluding ortho intramolecular Hbond substituents is 1. The maximum Gasteiger partial charge on any atom is 0.405 e. The number of carboxylic acid groups (broad SMARTS) is 1. The van der Waals surface area contributed by atoms with Gasteiger partial charge in [0.1, 0.15) is 10.5 Å². The normalized spacial score (nSPS) is 18.3. The zero-order valence-corrected chi connectivity index (χ0v) is 27.7. The van der Waals surface area contributed by atoms with Gasteiger partial charge >= 0.3 is 6.09 Å². The van der Waals surface area contributed by atoms with Gasteiger partial charge in [-0.05, 0) is 54.0 Å². The predicted octanol–water partition coefficient (Wildman–Crippen LogP) is 9.88. The van der Waals surface area contributed by atoms with Crippen molar-refractivity contribution in [1.82, 2.24) is 5.32 Å². The zero-order valence-electron chi connectivity index (χ0n) is 26.8. The Morgan fingerprint density at radius 2 is 1.30 bits per heavy atom. The van der Waals surface area contributed by atoms with Crippen LogP contribution in [-0.4, -0.2) is 35.5 Å². The minimum Gasteiger partial charge on any atom is -0.508 e. The van der Waals surface area contributed by atoms with Crippen molar-refractivity contribution in [3.8, 4) is 5.75 Å². The number of rotatable bonds is 23. The van der Waals surface area contributed by atoms with Gasteiger partial charge in [0.2, 0.25) is 10.0 Å². The van der Waals surface area contributed by atoms with E-state index in [0.717, 1.165) is 64.2 Å². The van der Waals surface area contributed by atoms with Crippen molar-refractivity contribution in [2.24, 2.45) is 4.52 Å². The first-order valence-electron chi connectivity index (χ1n) is 16.7. The SMILES string of the molecule is CCCCCCCCCCCCC1=CC(NC(=O)O)C=C(CCCCCCCC)C1(Cc1ccccc1O)S(=O)(=O)N=[N+]=[N-]. The van der Waals surface area contributed by atoms with E-state index >= 15 is 0 Å². The number of benzene rings is 1. The Labute approximate surface area is 264 Å². The summed E-state index contributed by atoms with van der Waals surface area (Å²) in [6.07, 6.45) is 20.1. The summed E-state index contributed by atoms with van der Waals surface area (Å²) in [5, 5.41) is 22.8.